The largest absolute Gasteiger partial charge is 0.309 e. The van der Waals surface area contributed by atoms with E-state index in [1.165, 1.54) is 5.56 Å². The number of hydrogen-bond donors (Lipinski definition) is 1. The Morgan fingerprint density at radius 3 is 2.24 bits per heavy atom. The molecule has 1 aromatic carbocycles. The van der Waals surface area contributed by atoms with E-state index in [0.29, 0.717) is 18.1 Å². The minimum absolute atomic E-state index is 0.164. The molecule has 0 spiro atoms. The number of rotatable bonds is 2. The second kappa shape index (κ2) is 5.15. The molecule has 94 valence electrons. The molecule has 1 aliphatic rings. The molecule has 0 bridgehead atoms. The topological polar surface area (TPSA) is 15.3 Å². The standard InChI is InChI=1S/C14H21FN2/c1-10-8-17(9-11(2)16-10)12(3)13-4-6-14(15)7-5-13/h4-7,10-12,16H,8-9H2,1-3H3. The molecule has 0 aromatic heterocycles. The molecule has 1 aromatic rings. The first-order chi connectivity index (χ1) is 8.06. The second-order valence-electron chi connectivity index (χ2n) is 5.15. The first-order valence-electron chi connectivity index (χ1n) is 6.32. The molecule has 0 radical (unpaired) electrons. The van der Waals surface area contributed by atoms with E-state index in [0.717, 1.165) is 13.1 Å². The molecule has 1 fully saturated rings. The molecule has 3 heteroatoms. The van der Waals surface area contributed by atoms with Crippen molar-refractivity contribution in [3.8, 4) is 0 Å². The van der Waals surface area contributed by atoms with Crippen LogP contribution in [0.5, 0.6) is 0 Å². The van der Waals surface area contributed by atoms with Crippen molar-refractivity contribution in [2.45, 2.75) is 38.9 Å². The highest BCUT2D eigenvalue weighted by Gasteiger charge is 2.25. The molecule has 0 saturated carbocycles. The Kier molecular flexibility index (Phi) is 3.79. The van der Waals surface area contributed by atoms with Gasteiger partial charge in [-0.05, 0) is 38.5 Å². The third-order valence-corrected chi connectivity index (χ3v) is 3.49. The smallest absolute Gasteiger partial charge is 0.123 e. The van der Waals surface area contributed by atoms with Crippen molar-refractivity contribution in [1.82, 2.24) is 10.2 Å². The minimum atomic E-state index is -0.164. The third kappa shape index (κ3) is 3.05. The van der Waals surface area contributed by atoms with Gasteiger partial charge in [0.2, 0.25) is 0 Å². The fourth-order valence-electron chi connectivity index (χ4n) is 2.64. The van der Waals surface area contributed by atoms with Crippen LogP contribution >= 0.6 is 0 Å². The monoisotopic (exact) mass is 236 g/mol. The number of piperazine rings is 1. The lowest BCUT2D eigenvalue weighted by molar-refractivity contribution is 0.131. The van der Waals surface area contributed by atoms with Crippen LogP contribution in [0.2, 0.25) is 0 Å². The van der Waals surface area contributed by atoms with Gasteiger partial charge in [-0.1, -0.05) is 12.1 Å². The number of benzene rings is 1. The van der Waals surface area contributed by atoms with E-state index in [9.17, 15) is 4.39 Å². The normalized spacial score (nSPS) is 28.0. The van der Waals surface area contributed by atoms with Gasteiger partial charge in [0.15, 0.2) is 0 Å². The summed E-state index contributed by atoms with van der Waals surface area (Å²) in [6.07, 6.45) is 0. The van der Waals surface area contributed by atoms with Crippen LogP contribution in [0, 0.1) is 5.82 Å². The summed E-state index contributed by atoms with van der Waals surface area (Å²) in [4.78, 5) is 2.46. The first-order valence-corrected chi connectivity index (χ1v) is 6.32. The van der Waals surface area contributed by atoms with E-state index in [2.05, 4.69) is 31.0 Å². The predicted octanol–water partition coefficient (Wildman–Crippen LogP) is 2.57. The second-order valence-corrected chi connectivity index (χ2v) is 5.15. The van der Waals surface area contributed by atoms with Crippen LogP contribution in [0.3, 0.4) is 0 Å². The van der Waals surface area contributed by atoms with Gasteiger partial charge in [0.25, 0.3) is 0 Å². The van der Waals surface area contributed by atoms with Gasteiger partial charge in [-0.2, -0.15) is 0 Å². The molecule has 2 rings (SSSR count). The Bertz CT molecular complexity index is 353. The van der Waals surface area contributed by atoms with Gasteiger partial charge in [-0.3, -0.25) is 4.90 Å². The van der Waals surface area contributed by atoms with E-state index >= 15 is 0 Å². The van der Waals surface area contributed by atoms with Crippen molar-refractivity contribution >= 4 is 0 Å². The average Bonchev–Trinajstić information content (AvgIpc) is 2.28. The fraction of sp³-hybridized carbons (Fsp3) is 0.571. The van der Waals surface area contributed by atoms with Crippen molar-refractivity contribution in [2.75, 3.05) is 13.1 Å². The highest BCUT2D eigenvalue weighted by atomic mass is 19.1. The zero-order valence-corrected chi connectivity index (χ0v) is 10.8. The molecule has 1 N–H and O–H groups in total. The molecule has 3 atom stereocenters. The number of nitrogens with one attached hydrogen (secondary N) is 1. The van der Waals surface area contributed by atoms with Crippen LogP contribution in [-0.4, -0.2) is 30.1 Å². The molecule has 3 unspecified atom stereocenters. The summed E-state index contributed by atoms with van der Waals surface area (Å²) in [6.45, 7) is 8.70. The van der Waals surface area contributed by atoms with E-state index < -0.39 is 0 Å². The Morgan fingerprint density at radius 1 is 1.18 bits per heavy atom. The van der Waals surface area contributed by atoms with Crippen molar-refractivity contribution in [3.05, 3.63) is 35.6 Å². The Balaban J connectivity index is 2.08. The molecule has 0 aliphatic carbocycles. The van der Waals surface area contributed by atoms with E-state index in [1.807, 2.05) is 12.1 Å². The predicted molar refractivity (Wildman–Crippen MR) is 68.4 cm³/mol. The highest BCUT2D eigenvalue weighted by Crippen LogP contribution is 2.22. The molecule has 2 nitrogen and oxygen atoms in total. The molecule has 17 heavy (non-hydrogen) atoms. The van der Waals surface area contributed by atoms with Gasteiger partial charge in [-0.15, -0.1) is 0 Å². The van der Waals surface area contributed by atoms with Crippen LogP contribution in [-0.2, 0) is 0 Å². The molecule has 1 saturated heterocycles. The lowest BCUT2D eigenvalue weighted by atomic mass is 10.0. The maximum atomic E-state index is 12.9. The van der Waals surface area contributed by atoms with Gasteiger partial charge in [0.1, 0.15) is 5.82 Å². The van der Waals surface area contributed by atoms with Gasteiger partial charge in [0.05, 0.1) is 0 Å². The first kappa shape index (κ1) is 12.5. The summed E-state index contributed by atoms with van der Waals surface area (Å²) in [5.41, 5.74) is 1.19. The summed E-state index contributed by atoms with van der Waals surface area (Å²) in [7, 11) is 0. The Labute approximate surface area is 103 Å². The number of halogens is 1. The van der Waals surface area contributed by atoms with E-state index in [4.69, 9.17) is 0 Å². The minimum Gasteiger partial charge on any atom is -0.309 e. The lowest BCUT2D eigenvalue weighted by Crippen LogP contribution is -2.54. The van der Waals surface area contributed by atoms with Crippen LogP contribution in [0.4, 0.5) is 4.39 Å². The van der Waals surface area contributed by atoms with Gasteiger partial charge < -0.3 is 5.32 Å². The summed E-state index contributed by atoms with van der Waals surface area (Å²) < 4.78 is 12.9. The quantitative estimate of drug-likeness (QED) is 0.849. The van der Waals surface area contributed by atoms with Crippen LogP contribution < -0.4 is 5.32 Å². The fourth-order valence-corrected chi connectivity index (χ4v) is 2.64. The zero-order chi connectivity index (χ0) is 12.4. The highest BCUT2D eigenvalue weighted by molar-refractivity contribution is 5.19. The zero-order valence-electron chi connectivity index (χ0n) is 10.8. The van der Waals surface area contributed by atoms with Crippen LogP contribution in [0.15, 0.2) is 24.3 Å². The molecule has 1 heterocycles. The third-order valence-electron chi connectivity index (χ3n) is 3.49. The van der Waals surface area contributed by atoms with Crippen LogP contribution in [0.1, 0.15) is 32.4 Å². The Hall–Kier alpha value is -0.930. The maximum absolute atomic E-state index is 12.9. The van der Waals surface area contributed by atoms with Gasteiger partial charge in [0, 0.05) is 31.2 Å². The lowest BCUT2D eigenvalue weighted by Gasteiger charge is -2.39. The van der Waals surface area contributed by atoms with Crippen molar-refractivity contribution in [2.24, 2.45) is 0 Å². The summed E-state index contributed by atoms with van der Waals surface area (Å²) in [6, 6.07) is 8.24. The van der Waals surface area contributed by atoms with E-state index in [1.54, 1.807) is 12.1 Å². The molecule has 0 amide bonds. The Morgan fingerprint density at radius 2 is 1.71 bits per heavy atom. The van der Waals surface area contributed by atoms with Crippen molar-refractivity contribution in [3.63, 3.8) is 0 Å². The van der Waals surface area contributed by atoms with Gasteiger partial charge in [-0.25, -0.2) is 4.39 Å². The number of nitrogens with zero attached hydrogens (tertiary/aromatic N) is 1. The summed E-state index contributed by atoms with van der Waals surface area (Å²) >= 11 is 0. The SMILES string of the molecule is CC1CN(C(C)c2ccc(F)cc2)CC(C)N1. The van der Waals surface area contributed by atoms with Crippen molar-refractivity contribution in [1.29, 1.82) is 0 Å². The summed E-state index contributed by atoms with van der Waals surface area (Å²) in [5, 5.41) is 3.52. The van der Waals surface area contributed by atoms with Crippen molar-refractivity contribution < 1.29 is 4.39 Å². The maximum Gasteiger partial charge on any atom is 0.123 e. The molecular formula is C14H21FN2. The van der Waals surface area contributed by atoms with Crippen LogP contribution in [0.25, 0.3) is 0 Å². The van der Waals surface area contributed by atoms with E-state index in [-0.39, 0.29) is 5.82 Å². The average molecular weight is 236 g/mol. The molecule has 1 aliphatic heterocycles. The summed E-state index contributed by atoms with van der Waals surface area (Å²) in [5.74, 6) is -0.164. The number of hydrogen-bond acceptors (Lipinski definition) is 2. The molecular weight excluding hydrogens is 215 g/mol. The van der Waals surface area contributed by atoms with Gasteiger partial charge >= 0.3 is 0 Å².